The summed E-state index contributed by atoms with van der Waals surface area (Å²) in [4.78, 5) is 30.4. The lowest BCUT2D eigenvalue weighted by atomic mass is 10.2. The Morgan fingerprint density at radius 3 is 2.82 bits per heavy atom. The number of piperazine rings is 1. The Hall–Kier alpha value is -2.61. The molecule has 1 fully saturated rings. The lowest BCUT2D eigenvalue weighted by molar-refractivity contribution is -0.126. The average Bonchev–Trinajstić information content (AvgIpc) is 3.49. The quantitative estimate of drug-likeness (QED) is 0.471. The SMILES string of the molecule is CNC(=O)C1CN(S(=O)(=O)c2cc3cc(Cl)ccc3[nH]2)CCN1C(=O)N1CCC2=C(N1)SCN2. The Balaban J connectivity index is 1.37. The van der Waals surface area contributed by atoms with Crippen molar-refractivity contribution in [2.24, 2.45) is 0 Å². The monoisotopic (exact) mass is 525 g/mol. The Labute approximate surface area is 205 Å². The summed E-state index contributed by atoms with van der Waals surface area (Å²) in [6.07, 6.45) is 0.685. The topological polar surface area (TPSA) is 130 Å². The summed E-state index contributed by atoms with van der Waals surface area (Å²) < 4.78 is 28.0. The molecular weight excluding hydrogens is 502 g/mol. The number of nitrogens with one attached hydrogen (secondary N) is 4. The van der Waals surface area contributed by atoms with Crippen molar-refractivity contribution in [1.82, 2.24) is 35.3 Å². The first-order chi connectivity index (χ1) is 16.3. The number of nitrogens with zero attached hydrogens (tertiary/aromatic N) is 3. The molecule has 3 amide bonds. The minimum absolute atomic E-state index is 0.0168. The van der Waals surface area contributed by atoms with Crippen LogP contribution >= 0.6 is 23.4 Å². The average molecular weight is 526 g/mol. The van der Waals surface area contributed by atoms with Crippen molar-refractivity contribution in [3.63, 3.8) is 0 Å². The second kappa shape index (κ2) is 8.87. The number of hydrazine groups is 1. The highest BCUT2D eigenvalue weighted by Crippen LogP contribution is 2.29. The molecule has 2 aromatic rings. The predicted molar refractivity (Wildman–Crippen MR) is 129 cm³/mol. The predicted octanol–water partition coefficient (Wildman–Crippen LogP) is 1.04. The van der Waals surface area contributed by atoms with E-state index in [-0.39, 0.29) is 30.7 Å². The number of halogens is 1. The summed E-state index contributed by atoms with van der Waals surface area (Å²) in [5.74, 6) is 0.322. The molecule has 4 N–H and O–H groups in total. The number of carbonyl (C=O) groups excluding carboxylic acids is 2. The van der Waals surface area contributed by atoms with Crippen molar-refractivity contribution < 1.29 is 18.0 Å². The fraction of sp³-hybridized carbons (Fsp3) is 0.400. The number of likely N-dealkylation sites (N-methyl/N-ethyl adjacent to an activating group) is 1. The van der Waals surface area contributed by atoms with Crippen LogP contribution < -0.4 is 16.1 Å². The summed E-state index contributed by atoms with van der Waals surface area (Å²) in [5.41, 5.74) is 4.84. The maximum atomic E-state index is 13.4. The normalized spacial score (nSPS) is 21.3. The molecule has 14 heteroatoms. The maximum absolute atomic E-state index is 13.4. The summed E-state index contributed by atoms with van der Waals surface area (Å²) in [7, 11) is -2.46. The van der Waals surface area contributed by atoms with Gasteiger partial charge in [0.15, 0.2) is 0 Å². The number of rotatable bonds is 3. The van der Waals surface area contributed by atoms with Crippen molar-refractivity contribution in [3.05, 3.63) is 40.0 Å². The number of hydrogen-bond donors (Lipinski definition) is 4. The van der Waals surface area contributed by atoms with E-state index < -0.39 is 22.0 Å². The standard InChI is InChI=1S/C20H24ClN7O4S2/c1-22-18(29)16-10-26(34(31,32)17-9-12-8-13(21)2-3-14(12)24-17)6-7-27(16)20(30)28-5-4-15-19(25-28)33-11-23-15/h2-3,8-9,16,23-25H,4-7,10-11H2,1H3,(H,22,29). The van der Waals surface area contributed by atoms with Crippen molar-refractivity contribution in [2.75, 3.05) is 39.1 Å². The molecule has 0 bridgehead atoms. The van der Waals surface area contributed by atoms with E-state index in [0.29, 0.717) is 28.9 Å². The van der Waals surface area contributed by atoms with Gasteiger partial charge in [-0.2, -0.15) is 4.31 Å². The number of benzene rings is 1. The van der Waals surface area contributed by atoms with Gasteiger partial charge < -0.3 is 20.5 Å². The second-order valence-electron chi connectivity index (χ2n) is 8.12. The van der Waals surface area contributed by atoms with Gasteiger partial charge in [-0.3, -0.25) is 10.2 Å². The highest BCUT2D eigenvalue weighted by Gasteiger charge is 2.42. The van der Waals surface area contributed by atoms with Gasteiger partial charge in [0.05, 0.1) is 5.88 Å². The number of sulfonamides is 1. The molecule has 0 aliphatic carbocycles. The van der Waals surface area contributed by atoms with Gasteiger partial charge >= 0.3 is 6.03 Å². The molecule has 3 aliphatic heterocycles. The van der Waals surface area contributed by atoms with E-state index >= 15 is 0 Å². The summed E-state index contributed by atoms with van der Waals surface area (Å²) in [6, 6.07) is 5.28. The molecule has 0 saturated carbocycles. The highest BCUT2D eigenvalue weighted by molar-refractivity contribution is 8.03. The molecule has 1 saturated heterocycles. The van der Waals surface area contributed by atoms with Crippen LogP contribution in [0.5, 0.6) is 0 Å². The van der Waals surface area contributed by atoms with Gasteiger partial charge in [-0.25, -0.2) is 18.2 Å². The third-order valence-corrected chi connectivity index (χ3v) is 9.08. The Morgan fingerprint density at radius 1 is 1.21 bits per heavy atom. The van der Waals surface area contributed by atoms with E-state index in [2.05, 4.69) is 21.0 Å². The molecule has 0 spiro atoms. The van der Waals surface area contributed by atoms with Gasteiger partial charge in [-0.1, -0.05) is 23.4 Å². The molecule has 1 atom stereocenters. The van der Waals surface area contributed by atoms with E-state index in [4.69, 9.17) is 11.6 Å². The van der Waals surface area contributed by atoms with Crippen LogP contribution in [0, 0.1) is 0 Å². The summed E-state index contributed by atoms with van der Waals surface area (Å²) in [5, 5.41) is 9.40. The van der Waals surface area contributed by atoms with Crippen LogP contribution in [0.3, 0.4) is 0 Å². The molecule has 182 valence electrons. The largest absolute Gasteiger partial charge is 0.377 e. The summed E-state index contributed by atoms with van der Waals surface area (Å²) in [6.45, 7) is 0.442. The fourth-order valence-corrected chi connectivity index (χ4v) is 6.86. The van der Waals surface area contributed by atoms with E-state index in [1.165, 1.54) is 27.3 Å². The third kappa shape index (κ3) is 4.06. The number of thioether (sulfide) groups is 1. The number of hydrogen-bond acceptors (Lipinski definition) is 7. The first-order valence-electron chi connectivity index (χ1n) is 10.7. The minimum atomic E-state index is -3.93. The molecule has 5 rings (SSSR count). The number of fused-ring (bicyclic) bond motifs is 1. The lowest BCUT2D eigenvalue weighted by Crippen LogP contribution is -2.64. The highest BCUT2D eigenvalue weighted by atomic mass is 35.5. The van der Waals surface area contributed by atoms with E-state index in [1.807, 2.05) is 0 Å². The van der Waals surface area contributed by atoms with Gasteiger partial charge in [0.25, 0.3) is 10.0 Å². The van der Waals surface area contributed by atoms with Gasteiger partial charge in [0, 0.05) is 61.3 Å². The number of H-pyrrole nitrogens is 1. The summed E-state index contributed by atoms with van der Waals surface area (Å²) >= 11 is 7.60. The van der Waals surface area contributed by atoms with Crippen LogP contribution in [-0.2, 0) is 14.8 Å². The van der Waals surface area contributed by atoms with Crippen LogP contribution in [0.1, 0.15) is 6.42 Å². The van der Waals surface area contributed by atoms with Gasteiger partial charge in [0.2, 0.25) is 5.91 Å². The number of aromatic amines is 1. The number of amides is 3. The minimum Gasteiger partial charge on any atom is -0.377 e. The number of carbonyl (C=O) groups is 2. The van der Waals surface area contributed by atoms with Crippen LogP contribution in [0.15, 0.2) is 40.0 Å². The van der Waals surface area contributed by atoms with Gasteiger partial charge in [-0.15, -0.1) is 0 Å². The molecule has 0 radical (unpaired) electrons. The van der Waals surface area contributed by atoms with Gasteiger partial charge in [-0.05, 0) is 24.3 Å². The Bertz CT molecular complexity index is 1300. The van der Waals surface area contributed by atoms with Crippen LogP contribution in [0.2, 0.25) is 5.02 Å². The van der Waals surface area contributed by atoms with Crippen molar-refractivity contribution in [3.8, 4) is 0 Å². The maximum Gasteiger partial charge on any atom is 0.339 e. The number of urea groups is 1. The zero-order valence-electron chi connectivity index (χ0n) is 18.3. The van der Waals surface area contributed by atoms with Crippen LogP contribution in [0.25, 0.3) is 10.9 Å². The zero-order valence-corrected chi connectivity index (χ0v) is 20.7. The van der Waals surface area contributed by atoms with Crippen LogP contribution in [-0.4, -0.2) is 84.7 Å². The molecule has 1 aromatic carbocycles. The van der Waals surface area contributed by atoms with E-state index in [1.54, 1.807) is 30.0 Å². The van der Waals surface area contributed by atoms with Gasteiger partial charge in [0.1, 0.15) is 16.1 Å². The molecule has 4 heterocycles. The molecule has 3 aliphatic rings. The van der Waals surface area contributed by atoms with E-state index in [0.717, 1.165) is 16.6 Å². The Morgan fingerprint density at radius 2 is 2.03 bits per heavy atom. The zero-order chi connectivity index (χ0) is 24.0. The Kier molecular flexibility index (Phi) is 6.04. The first kappa shape index (κ1) is 23.1. The smallest absolute Gasteiger partial charge is 0.339 e. The van der Waals surface area contributed by atoms with E-state index in [9.17, 15) is 18.0 Å². The van der Waals surface area contributed by atoms with Crippen molar-refractivity contribution in [2.45, 2.75) is 17.5 Å². The van der Waals surface area contributed by atoms with Crippen molar-refractivity contribution in [1.29, 1.82) is 0 Å². The molecular formula is C20H24ClN7O4S2. The lowest BCUT2D eigenvalue weighted by Gasteiger charge is -2.42. The fourth-order valence-electron chi connectivity index (χ4n) is 4.32. The molecule has 34 heavy (non-hydrogen) atoms. The first-order valence-corrected chi connectivity index (χ1v) is 13.5. The molecule has 1 aromatic heterocycles. The molecule has 11 nitrogen and oxygen atoms in total. The third-order valence-electron chi connectivity index (χ3n) is 6.14. The number of aromatic nitrogens is 1. The second-order valence-corrected chi connectivity index (χ2v) is 11.4. The van der Waals surface area contributed by atoms with Crippen LogP contribution in [0.4, 0.5) is 4.79 Å². The van der Waals surface area contributed by atoms with Crippen molar-refractivity contribution >= 4 is 56.2 Å². The molecule has 1 unspecified atom stereocenters.